The molecule has 1 unspecified atom stereocenters. The van der Waals surface area contributed by atoms with Gasteiger partial charge in [-0.1, -0.05) is 19.1 Å². The van der Waals surface area contributed by atoms with Crippen molar-refractivity contribution in [3.63, 3.8) is 0 Å². The fourth-order valence-electron chi connectivity index (χ4n) is 3.03. The molecule has 1 N–H and O–H groups in total. The molecule has 1 amide bonds. The van der Waals surface area contributed by atoms with Crippen LogP contribution in [-0.4, -0.2) is 28.3 Å². The molecule has 0 fully saturated rings. The third-order valence-corrected chi connectivity index (χ3v) is 4.58. The fraction of sp³-hybridized carbons (Fsp3) is 0.474. The molecule has 0 bridgehead atoms. The monoisotopic (exact) mass is 326 g/mol. The van der Waals surface area contributed by atoms with Crippen molar-refractivity contribution in [2.45, 2.75) is 52.7 Å². The summed E-state index contributed by atoms with van der Waals surface area (Å²) in [7, 11) is 0. The molecule has 1 aliphatic rings. The van der Waals surface area contributed by atoms with Gasteiger partial charge in [-0.3, -0.25) is 4.79 Å². The highest BCUT2D eigenvalue weighted by Crippen LogP contribution is 2.23. The minimum absolute atomic E-state index is 0.00238. The second-order valence-corrected chi connectivity index (χ2v) is 6.62. The molecular formula is C19H26N4O. The van der Waals surface area contributed by atoms with Crippen LogP contribution in [0.3, 0.4) is 0 Å². The minimum atomic E-state index is 0.00238. The number of hydrogen-bond acceptors (Lipinski definition) is 3. The van der Waals surface area contributed by atoms with Crippen LogP contribution in [0.2, 0.25) is 0 Å². The van der Waals surface area contributed by atoms with Gasteiger partial charge in [0, 0.05) is 37.3 Å². The van der Waals surface area contributed by atoms with Crippen LogP contribution in [0.4, 0.5) is 5.82 Å². The molecule has 5 nitrogen and oxygen atoms in total. The van der Waals surface area contributed by atoms with E-state index in [0.29, 0.717) is 0 Å². The zero-order chi connectivity index (χ0) is 17.1. The first-order valence-corrected chi connectivity index (χ1v) is 8.76. The van der Waals surface area contributed by atoms with Crippen LogP contribution >= 0.6 is 0 Å². The van der Waals surface area contributed by atoms with Gasteiger partial charge in [-0.2, -0.15) is 5.10 Å². The smallest absolute Gasteiger partial charge is 0.251 e. The van der Waals surface area contributed by atoms with Gasteiger partial charge in [0.2, 0.25) is 0 Å². The predicted molar refractivity (Wildman–Crippen MR) is 96.3 cm³/mol. The number of carbonyl (C=O) groups excluding carboxylic acids is 1. The first kappa shape index (κ1) is 16.6. The Morgan fingerprint density at radius 2 is 2.04 bits per heavy atom. The van der Waals surface area contributed by atoms with Crippen molar-refractivity contribution in [2.75, 3.05) is 11.4 Å². The maximum Gasteiger partial charge on any atom is 0.251 e. The number of hydrogen-bond donors (Lipinski definition) is 1. The Labute approximate surface area is 143 Å². The second kappa shape index (κ2) is 7.07. The Morgan fingerprint density at radius 3 is 2.75 bits per heavy atom. The molecule has 0 radical (unpaired) electrons. The summed E-state index contributed by atoms with van der Waals surface area (Å²) in [4.78, 5) is 14.5. The maximum absolute atomic E-state index is 12.1. The summed E-state index contributed by atoms with van der Waals surface area (Å²) < 4.78 is 2.09. The van der Waals surface area contributed by atoms with E-state index in [0.717, 1.165) is 43.7 Å². The maximum atomic E-state index is 12.1. The molecule has 1 atom stereocenters. The molecule has 0 saturated carbocycles. The number of carbonyl (C=O) groups is 1. The molecule has 2 aromatic rings. The van der Waals surface area contributed by atoms with E-state index in [1.165, 1.54) is 11.4 Å². The van der Waals surface area contributed by atoms with Gasteiger partial charge in [0.25, 0.3) is 5.91 Å². The minimum Gasteiger partial charge on any atom is -0.352 e. The fourth-order valence-corrected chi connectivity index (χ4v) is 3.03. The molecule has 128 valence electrons. The van der Waals surface area contributed by atoms with Crippen molar-refractivity contribution < 1.29 is 4.79 Å². The molecule has 5 heteroatoms. The van der Waals surface area contributed by atoms with Gasteiger partial charge in [0.1, 0.15) is 5.82 Å². The standard InChI is InChI=1S/C19H26N4O/c1-4-14(2)20-19(24)17-8-6-16(7-9-17)13-22-10-5-11-23-18(22)12-15(3)21-23/h6-9,12,14H,4-5,10-11,13H2,1-3H3,(H,20,24). The lowest BCUT2D eigenvalue weighted by Crippen LogP contribution is -2.32. The van der Waals surface area contributed by atoms with Gasteiger partial charge in [0.15, 0.2) is 0 Å². The number of benzene rings is 1. The van der Waals surface area contributed by atoms with Gasteiger partial charge in [0.05, 0.1) is 5.69 Å². The average molecular weight is 326 g/mol. The molecule has 1 aromatic heterocycles. The van der Waals surface area contributed by atoms with E-state index in [4.69, 9.17) is 0 Å². The first-order valence-electron chi connectivity index (χ1n) is 8.76. The summed E-state index contributed by atoms with van der Waals surface area (Å²) in [5.74, 6) is 1.19. The van der Waals surface area contributed by atoms with Crippen molar-refractivity contribution in [1.82, 2.24) is 15.1 Å². The average Bonchev–Trinajstić information content (AvgIpc) is 2.96. The number of nitrogens with one attached hydrogen (secondary N) is 1. The highest BCUT2D eigenvalue weighted by molar-refractivity contribution is 5.94. The Hall–Kier alpha value is -2.30. The summed E-state index contributed by atoms with van der Waals surface area (Å²) in [6.07, 6.45) is 2.05. The highest BCUT2D eigenvalue weighted by atomic mass is 16.1. The molecule has 3 rings (SSSR count). The summed E-state index contributed by atoms with van der Waals surface area (Å²) in [5, 5.41) is 7.54. The normalized spacial score (nSPS) is 15.0. The Balaban J connectivity index is 1.68. The van der Waals surface area contributed by atoms with Crippen LogP contribution in [0.5, 0.6) is 0 Å². The van der Waals surface area contributed by atoms with Gasteiger partial charge < -0.3 is 10.2 Å². The van der Waals surface area contributed by atoms with Crippen molar-refractivity contribution in [2.24, 2.45) is 0 Å². The topological polar surface area (TPSA) is 50.2 Å². The predicted octanol–water partition coefficient (Wildman–Crippen LogP) is 3.13. The largest absolute Gasteiger partial charge is 0.352 e. The number of aromatic nitrogens is 2. The number of nitrogens with zero attached hydrogens (tertiary/aromatic N) is 3. The van der Waals surface area contributed by atoms with E-state index >= 15 is 0 Å². The van der Waals surface area contributed by atoms with Crippen LogP contribution in [0.1, 0.15) is 48.3 Å². The summed E-state index contributed by atoms with van der Waals surface area (Å²) in [6, 6.07) is 10.3. The molecule has 24 heavy (non-hydrogen) atoms. The van der Waals surface area contributed by atoms with E-state index in [1.807, 2.05) is 38.1 Å². The van der Waals surface area contributed by atoms with E-state index < -0.39 is 0 Å². The molecule has 0 saturated heterocycles. The third kappa shape index (κ3) is 3.61. The van der Waals surface area contributed by atoms with Crippen molar-refractivity contribution in [3.8, 4) is 0 Å². The first-order chi connectivity index (χ1) is 11.6. The lowest BCUT2D eigenvalue weighted by atomic mass is 10.1. The van der Waals surface area contributed by atoms with Crippen LogP contribution < -0.4 is 10.2 Å². The van der Waals surface area contributed by atoms with Gasteiger partial charge in [-0.05, 0) is 44.4 Å². The number of aryl methyl sites for hydroxylation is 2. The van der Waals surface area contributed by atoms with Gasteiger partial charge >= 0.3 is 0 Å². The zero-order valence-corrected chi connectivity index (χ0v) is 14.7. The van der Waals surface area contributed by atoms with E-state index in [1.54, 1.807) is 0 Å². The van der Waals surface area contributed by atoms with Crippen LogP contribution in [0, 0.1) is 6.92 Å². The Morgan fingerprint density at radius 1 is 1.29 bits per heavy atom. The quantitative estimate of drug-likeness (QED) is 0.918. The molecular weight excluding hydrogens is 300 g/mol. The highest BCUT2D eigenvalue weighted by Gasteiger charge is 2.18. The lowest BCUT2D eigenvalue weighted by molar-refractivity contribution is 0.0939. The van der Waals surface area contributed by atoms with Gasteiger partial charge in [-0.25, -0.2) is 4.68 Å². The van der Waals surface area contributed by atoms with Crippen LogP contribution in [0.25, 0.3) is 0 Å². The summed E-state index contributed by atoms with van der Waals surface area (Å²) in [6.45, 7) is 9.01. The van der Waals surface area contributed by atoms with E-state index in [9.17, 15) is 4.79 Å². The molecule has 1 aliphatic heterocycles. The second-order valence-electron chi connectivity index (χ2n) is 6.62. The Bertz CT molecular complexity index is 705. The van der Waals surface area contributed by atoms with Crippen LogP contribution in [0.15, 0.2) is 30.3 Å². The van der Waals surface area contributed by atoms with Crippen molar-refractivity contribution >= 4 is 11.7 Å². The number of rotatable bonds is 5. The van der Waals surface area contributed by atoms with E-state index in [2.05, 4.69) is 33.0 Å². The van der Waals surface area contributed by atoms with Crippen LogP contribution in [-0.2, 0) is 13.1 Å². The zero-order valence-electron chi connectivity index (χ0n) is 14.7. The summed E-state index contributed by atoms with van der Waals surface area (Å²) in [5.41, 5.74) is 3.00. The SMILES string of the molecule is CCC(C)NC(=O)c1ccc(CN2CCCn3nc(C)cc32)cc1. The third-order valence-electron chi connectivity index (χ3n) is 4.58. The molecule has 2 heterocycles. The van der Waals surface area contributed by atoms with E-state index in [-0.39, 0.29) is 11.9 Å². The van der Waals surface area contributed by atoms with Crippen molar-refractivity contribution in [3.05, 3.63) is 47.2 Å². The lowest BCUT2D eigenvalue weighted by Gasteiger charge is -2.29. The molecule has 1 aromatic carbocycles. The Kier molecular flexibility index (Phi) is 4.88. The van der Waals surface area contributed by atoms with Gasteiger partial charge in [-0.15, -0.1) is 0 Å². The number of fused-ring (bicyclic) bond motifs is 1. The molecule has 0 aliphatic carbocycles. The summed E-state index contributed by atoms with van der Waals surface area (Å²) >= 11 is 0. The number of anilines is 1. The number of amides is 1. The molecule has 0 spiro atoms. The van der Waals surface area contributed by atoms with Crippen molar-refractivity contribution in [1.29, 1.82) is 0 Å².